The predicted octanol–water partition coefficient (Wildman–Crippen LogP) is 16.7. The maximum Gasteiger partial charge on any atom is 0.252 e. The van der Waals surface area contributed by atoms with Crippen LogP contribution in [0.4, 0.5) is 34.1 Å². The van der Waals surface area contributed by atoms with Crippen molar-refractivity contribution in [2.75, 3.05) is 9.80 Å². The van der Waals surface area contributed by atoms with Gasteiger partial charge in [-0.1, -0.05) is 209 Å². The van der Waals surface area contributed by atoms with Crippen LogP contribution in [0, 0.1) is 0 Å². The van der Waals surface area contributed by atoms with Gasteiger partial charge in [0.2, 0.25) is 0 Å². The Hall–Kier alpha value is -10.1. The summed E-state index contributed by atoms with van der Waals surface area (Å²) >= 11 is 0. The Kier molecular flexibility index (Phi) is 11.1. The summed E-state index contributed by atoms with van der Waals surface area (Å²) in [6, 6.07) is 96.5. The number of nitrogens with zero attached hydrogens (tertiary/aromatic N) is 6. The molecule has 0 atom stereocenters. The standard InChI is InChI=1S/C73H53BN6/c1-73(2,3)53-41-44-64-59(47-53)57-30-16-19-33-62(57)80(64)63-43-40-52(72-76-70(50-22-8-4-9-23-50)75-71(77-72)51-24-10-5-11-25-51)46-58(63)49-38-36-48(37-39-49)56-42-45-67-68-69(56)79(55-28-14-7-15-29-55)66-35-21-18-32-61(66)74(68)60-31-17-20-34-65(60)78(67)54-26-12-6-13-27-54/h4-47H,1-3H3. The highest BCUT2D eigenvalue weighted by atomic mass is 15.2. The van der Waals surface area contributed by atoms with Crippen LogP contribution in [0.2, 0.25) is 0 Å². The van der Waals surface area contributed by atoms with E-state index < -0.39 is 0 Å². The lowest BCUT2D eigenvalue weighted by Crippen LogP contribution is -2.61. The van der Waals surface area contributed by atoms with Gasteiger partial charge in [-0.25, -0.2) is 15.0 Å². The first-order valence-corrected chi connectivity index (χ1v) is 27.6. The zero-order valence-corrected chi connectivity index (χ0v) is 44.7. The van der Waals surface area contributed by atoms with Crippen LogP contribution in [0.3, 0.4) is 0 Å². The molecule has 11 aromatic carbocycles. The van der Waals surface area contributed by atoms with Gasteiger partial charge in [-0.05, 0) is 117 Å². The van der Waals surface area contributed by atoms with E-state index in [-0.39, 0.29) is 12.1 Å². The number of benzene rings is 11. The van der Waals surface area contributed by atoms with Crippen LogP contribution in [0.25, 0.3) is 83.9 Å². The summed E-state index contributed by atoms with van der Waals surface area (Å²) in [5, 5.41) is 2.45. The van der Waals surface area contributed by atoms with Crippen molar-refractivity contribution < 1.29 is 0 Å². The van der Waals surface area contributed by atoms with Gasteiger partial charge in [-0.15, -0.1) is 0 Å². The highest BCUT2D eigenvalue weighted by molar-refractivity contribution is 7.00. The fourth-order valence-corrected chi connectivity index (χ4v) is 12.4. The summed E-state index contributed by atoms with van der Waals surface area (Å²) in [5.41, 5.74) is 22.6. The van der Waals surface area contributed by atoms with Gasteiger partial charge in [-0.3, -0.25) is 0 Å². The van der Waals surface area contributed by atoms with Crippen LogP contribution in [-0.4, -0.2) is 26.2 Å². The monoisotopic (exact) mass is 1020 g/mol. The fraction of sp³-hybridized carbons (Fsp3) is 0.0548. The minimum Gasteiger partial charge on any atom is -0.311 e. The molecule has 0 amide bonds. The van der Waals surface area contributed by atoms with Crippen molar-refractivity contribution >= 4 is 79.0 Å². The van der Waals surface area contributed by atoms with Crippen molar-refractivity contribution in [3.8, 4) is 62.1 Å². The van der Waals surface area contributed by atoms with E-state index in [4.69, 9.17) is 15.0 Å². The minimum atomic E-state index is -0.0155. The summed E-state index contributed by atoms with van der Waals surface area (Å²) in [7, 11) is 0. The van der Waals surface area contributed by atoms with Gasteiger partial charge >= 0.3 is 0 Å². The van der Waals surface area contributed by atoms with Crippen molar-refractivity contribution in [2.45, 2.75) is 26.2 Å². The van der Waals surface area contributed by atoms with Gasteiger partial charge in [-0.2, -0.15) is 0 Å². The zero-order valence-electron chi connectivity index (χ0n) is 44.7. The topological polar surface area (TPSA) is 50.1 Å². The average molecular weight is 1030 g/mol. The summed E-state index contributed by atoms with van der Waals surface area (Å²) in [5.74, 6) is 1.86. The van der Waals surface area contributed by atoms with Crippen molar-refractivity contribution in [3.05, 3.63) is 272 Å². The van der Waals surface area contributed by atoms with E-state index in [0.717, 1.165) is 67.0 Å². The zero-order chi connectivity index (χ0) is 53.5. The summed E-state index contributed by atoms with van der Waals surface area (Å²) in [6.45, 7) is 6.86. The van der Waals surface area contributed by atoms with Crippen molar-refractivity contribution in [2.24, 2.45) is 0 Å². The molecule has 0 N–H and O–H groups in total. The second kappa shape index (κ2) is 18.8. The van der Waals surface area contributed by atoms with E-state index in [2.05, 4.69) is 266 Å². The maximum absolute atomic E-state index is 5.23. The molecule has 80 heavy (non-hydrogen) atoms. The molecule has 0 spiro atoms. The molecule has 378 valence electrons. The molecule has 4 heterocycles. The first-order valence-electron chi connectivity index (χ1n) is 27.6. The largest absolute Gasteiger partial charge is 0.311 e. The van der Waals surface area contributed by atoms with Gasteiger partial charge < -0.3 is 14.4 Å². The average Bonchev–Trinajstić information content (AvgIpc) is 3.72. The lowest BCUT2D eigenvalue weighted by atomic mass is 9.33. The molecule has 0 saturated heterocycles. The highest BCUT2D eigenvalue weighted by Crippen LogP contribution is 2.48. The SMILES string of the molecule is CC(C)(C)c1ccc2c(c1)c1ccccc1n2-c1ccc(-c2nc(-c3ccccc3)nc(-c3ccccc3)n2)cc1-c1ccc(-c2ccc3c4c2N(c2ccccc2)c2ccccc2B4c2ccccc2N3c2ccccc2)cc1. The summed E-state index contributed by atoms with van der Waals surface area (Å²) in [6.07, 6.45) is 0. The Bertz CT molecular complexity index is 4440. The third-order valence-electron chi connectivity index (χ3n) is 16.2. The van der Waals surface area contributed by atoms with Crippen LogP contribution in [0.1, 0.15) is 26.3 Å². The van der Waals surface area contributed by atoms with E-state index in [1.54, 1.807) is 0 Å². The third-order valence-corrected chi connectivity index (χ3v) is 16.2. The summed E-state index contributed by atoms with van der Waals surface area (Å²) in [4.78, 5) is 20.5. The normalized spacial score (nSPS) is 12.6. The van der Waals surface area contributed by atoms with Crippen LogP contribution >= 0.6 is 0 Å². The van der Waals surface area contributed by atoms with Crippen LogP contribution in [0.15, 0.2) is 267 Å². The Morgan fingerprint density at radius 2 is 0.812 bits per heavy atom. The quantitative estimate of drug-likeness (QED) is 0.142. The molecule has 2 aliphatic heterocycles. The Balaban J connectivity index is 0.955. The van der Waals surface area contributed by atoms with Crippen molar-refractivity contribution in [1.82, 2.24) is 19.5 Å². The molecule has 0 saturated carbocycles. The lowest BCUT2D eigenvalue weighted by molar-refractivity contribution is 0.591. The molecule has 15 rings (SSSR count). The number of anilines is 6. The van der Waals surface area contributed by atoms with Crippen LogP contribution in [-0.2, 0) is 5.41 Å². The molecule has 6 nitrogen and oxygen atoms in total. The molecule has 0 radical (unpaired) electrons. The van der Waals surface area contributed by atoms with E-state index in [1.807, 2.05) is 36.4 Å². The Morgan fingerprint density at radius 1 is 0.338 bits per heavy atom. The van der Waals surface area contributed by atoms with Crippen LogP contribution < -0.4 is 26.2 Å². The Morgan fingerprint density at radius 3 is 1.43 bits per heavy atom. The first-order chi connectivity index (χ1) is 39.3. The highest BCUT2D eigenvalue weighted by Gasteiger charge is 2.44. The van der Waals surface area contributed by atoms with E-state index in [0.29, 0.717) is 17.5 Å². The molecule has 2 aliphatic rings. The van der Waals surface area contributed by atoms with Gasteiger partial charge in [0, 0.05) is 67.0 Å². The van der Waals surface area contributed by atoms with Gasteiger partial charge in [0.25, 0.3) is 6.71 Å². The molecular weight excluding hydrogens is 972 g/mol. The minimum absolute atomic E-state index is 0.00255. The van der Waals surface area contributed by atoms with E-state index >= 15 is 0 Å². The third kappa shape index (κ3) is 7.76. The fourth-order valence-electron chi connectivity index (χ4n) is 12.4. The molecule has 2 aromatic heterocycles. The second-order valence-electron chi connectivity index (χ2n) is 22.0. The molecule has 7 heteroatoms. The first kappa shape index (κ1) is 47.1. The molecule has 0 bridgehead atoms. The number of fused-ring (bicyclic) bond motifs is 7. The second-order valence-corrected chi connectivity index (χ2v) is 22.0. The molecule has 0 aliphatic carbocycles. The summed E-state index contributed by atoms with van der Waals surface area (Å²) < 4.78 is 2.45. The van der Waals surface area contributed by atoms with Gasteiger partial charge in [0.05, 0.1) is 22.4 Å². The molecular formula is C73H53BN6. The number of hydrogen-bond acceptors (Lipinski definition) is 5. The molecule has 0 unspecified atom stereocenters. The predicted molar refractivity (Wildman–Crippen MR) is 334 cm³/mol. The lowest BCUT2D eigenvalue weighted by Gasteiger charge is -2.45. The van der Waals surface area contributed by atoms with Gasteiger partial charge in [0.1, 0.15) is 0 Å². The number of para-hydroxylation sites is 5. The van der Waals surface area contributed by atoms with Crippen molar-refractivity contribution in [1.29, 1.82) is 0 Å². The number of hydrogen-bond donors (Lipinski definition) is 0. The Labute approximate surface area is 466 Å². The van der Waals surface area contributed by atoms with E-state index in [1.165, 1.54) is 55.5 Å². The molecule has 13 aromatic rings. The number of aromatic nitrogens is 4. The van der Waals surface area contributed by atoms with Gasteiger partial charge in [0.15, 0.2) is 17.5 Å². The van der Waals surface area contributed by atoms with Crippen molar-refractivity contribution in [3.63, 3.8) is 0 Å². The smallest absolute Gasteiger partial charge is 0.252 e. The van der Waals surface area contributed by atoms with E-state index in [9.17, 15) is 0 Å². The number of rotatable bonds is 8. The maximum atomic E-state index is 5.23. The van der Waals surface area contributed by atoms with Crippen LogP contribution in [0.5, 0.6) is 0 Å². The molecule has 0 fully saturated rings.